The van der Waals surface area contributed by atoms with Crippen molar-refractivity contribution in [3.63, 3.8) is 0 Å². The molecule has 0 aliphatic heterocycles. The van der Waals surface area contributed by atoms with Gasteiger partial charge < -0.3 is 10.2 Å². The average Bonchev–Trinajstić information content (AvgIpc) is 2.87. The van der Waals surface area contributed by atoms with E-state index in [4.69, 9.17) is 5.21 Å². The highest BCUT2D eigenvalue weighted by molar-refractivity contribution is 5.97. The van der Waals surface area contributed by atoms with Crippen molar-refractivity contribution < 1.29 is 19.6 Å². The zero-order valence-corrected chi connectivity index (χ0v) is 18.1. The molecule has 0 aliphatic carbocycles. The van der Waals surface area contributed by atoms with E-state index in [1.54, 1.807) is 55.6 Å². The molecule has 7 nitrogen and oxygen atoms in total. The van der Waals surface area contributed by atoms with Gasteiger partial charge in [0.05, 0.1) is 0 Å². The van der Waals surface area contributed by atoms with Crippen LogP contribution in [-0.4, -0.2) is 34.9 Å². The lowest BCUT2D eigenvalue weighted by Gasteiger charge is -2.28. The molecule has 0 aromatic heterocycles. The summed E-state index contributed by atoms with van der Waals surface area (Å²) in [7, 11) is 1.60. The number of rotatable bonds is 8. The van der Waals surface area contributed by atoms with E-state index in [0.717, 1.165) is 5.56 Å². The van der Waals surface area contributed by atoms with Crippen LogP contribution in [0, 0.1) is 0 Å². The van der Waals surface area contributed by atoms with Crippen molar-refractivity contribution >= 4 is 23.8 Å². The highest BCUT2D eigenvalue weighted by atomic mass is 16.5. The first-order valence-electron chi connectivity index (χ1n) is 10.4. The van der Waals surface area contributed by atoms with Crippen LogP contribution < -0.4 is 10.8 Å². The maximum atomic E-state index is 13.2. The summed E-state index contributed by atoms with van der Waals surface area (Å²) in [5, 5.41) is 11.5. The van der Waals surface area contributed by atoms with Crippen molar-refractivity contribution in [3.05, 3.63) is 113 Å². The van der Waals surface area contributed by atoms with Crippen molar-refractivity contribution in [2.45, 2.75) is 12.6 Å². The summed E-state index contributed by atoms with van der Waals surface area (Å²) in [5.74, 6) is -1.24. The third kappa shape index (κ3) is 6.38. The SMILES string of the molecule is CN(C(=O)c1ccccc1)C(C(=O)NCc1ccccc1)c1ccc(/C=C/C(=O)NO)cc1. The number of carbonyl (C=O) groups excluding carboxylic acids is 3. The minimum Gasteiger partial charge on any atom is -0.350 e. The van der Waals surface area contributed by atoms with Gasteiger partial charge in [0.25, 0.3) is 11.8 Å². The van der Waals surface area contributed by atoms with Gasteiger partial charge in [0.1, 0.15) is 6.04 Å². The number of likely N-dealkylation sites (N-methyl/N-ethyl adjacent to an activating group) is 1. The zero-order chi connectivity index (χ0) is 23.6. The molecule has 0 fully saturated rings. The van der Waals surface area contributed by atoms with Crippen molar-refractivity contribution in [2.24, 2.45) is 0 Å². The van der Waals surface area contributed by atoms with Gasteiger partial charge in [0.15, 0.2) is 0 Å². The van der Waals surface area contributed by atoms with Crippen molar-refractivity contribution in [1.29, 1.82) is 0 Å². The van der Waals surface area contributed by atoms with Crippen LogP contribution >= 0.6 is 0 Å². The molecule has 3 amide bonds. The predicted molar refractivity (Wildman–Crippen MR) is 125 cm³/mol. The maximum absolute atomic E-state index is 13.2. The summed E-state index contributed by atoms with van der Waals surface area (Å²) in [6, 6.07) is 24.4. The van der Waals surface area contributed by atoms with E-state index in [-0.39, 0.29) is 11.8 Å². The van der Waals surface area contributed by atoms with Gasteiger partial charge in [-0.3, -0.25) is 19.6 Å². The van der Waals surface area contributed by atoms with Gasteiger partial charge in [-0.15, -0.1) is 0 Å². The molecular formula is C26H25N3O4. The van der Waals surface area contributed by atoms with Crippen LogP contribution in [0.2, 0.25) is 0 Å². The second-order valence-corrected chi connectivity index (χ2v) is 7.36. The zero-order valence-electron chi connectivity index (χ0n) is 18.1. The van der Waals surface area contributed by atoms with E-state index in [1.807, 2.05) is 36.4 Å². The molecule has 0 radical (unpaired) electrons. The van der Waals surface area contributed by atoms with Gasteiger partial charge in [-0.05, 0) is 34.9 Å². The van der Waals surface area contributed by atoms with Crippen LogP contribution in [0.25, 0.3) is 6.08 Å². The largest absolute Gasteiger partial charge is 0.350 e. The number of hydroxylamine groups is 1. The first-order valence-corrected chi connectivity index (χ1v) is 10.4. The van der Waals surface area contributed by atoms with Gasteiger partial charge in [-0.2, -0.15) is 0 Å². The van der Waals surface area contributed by atoms with Gasteiger partial charge in [-0.25, -0.2) is 5.48 Å². The Morgan fingerprint density at radius 2 is 1.52 bits per heavy atom. The maximum Gasteiger partial charge on any atom is 0.267 e. The van der Waals surface area contributed by atoms with Crippen molar-refractivity contribution in [1.82, 2.24) is 15.7 Å². The van der Waals surface area contributed by atoms with Gasteiger partial charge in [0.2, 0.25) is 5.91 Å². The molecule has 3 aromatic carbocycles. The number of hydrogen-bond donors (Lipinski definition) is 3. The summed E-state index contributed by atoms with van der Waals surface area (Å²) in [5.41, 5.74) is 4.28. The Morgan fingerprint density at radius 3 is 2.12 bits per heavy atom. The monoisotopic (exact) mass is 443 g/mol. The van der Waals surface area contributed by atoms with Crippen molar-refractivity contribution in [3.8, 4) is 0 Å². The predicted octanol–water partition coefficient (Wildman–Crippen LogP) is 3.33. The number of amides is 3. The van der Waals surface area contributed by atoms with E-state index >= 15 is 0 Å². The molecule has 1 atom stereocenters. The molecule has 0 heterocycles. The summed E-state index contributed by atoms with van der Waals surface area (Å²) in [6.45, 7) is 0.334. The molecule has 3 N–H and O–H groups in total. The Balaban J connectivity index is 1.85. The van der Waals surface area contributed by atoms with Gasteiger partial charge in [0, 0.05) is 25.2 Å². The van der Waals surface area contributed by atoms with E-state index in [1.165, 1.54) is 22.5 Å². The minimum absolute atomic E-state index is 0.279. The van der Waals surface area contributed by atoms with Gasteiger partial charge >= 0.3 is 0 Å². The molecule has 0 saturated heterocycles. The molecule has 168 valence electrons. The third-order valence-corrected chi connectivity index (χ3v) is 5.08. The molecule has 0 spiro atoms. The second kappa shape index (κ2) is 11.4. The quantitative estimate of drug-likeness (QED) is 0.283. The Hall–Kier alpha value is -4.23. The fourth-order valence-corrected chi connectivity index (χ4v) is 3.33. The summed E-state index contributed by atoms with van der Waals surface area (Å²) >= 11 is 0. The van der Waals surface area contributed by atoms with Crippen LogP contribution in [-0.2, 0) is 16.1 Å². The normalized spacial score (nSPS) is 11.6. The summed E-state index contributed by atoms with van der Waals surface area (Å²) in [6.07, 6.45) is 2.71. The number of carbonyl (C=O) groups is 3. The van der Waals surface area contributed by atoms with Crippen molar-refractivity contribution in [2.75, 3.05) is 7.05 Å². The number of nitrogens with zero attached hydrogens (tertiary/aromatic N) is 1. The highest BCUT2D eigenvalue weighted by Crippen LogP contribution is 2.23. The topological polar surface area (TPSA) is 98.7 Å². The lowest BCUT2D eigenvalue weighted by Crippen LogP contribution is -2.41. The Bertz CT molecular complexity index is 1110. The van der Waals surface area contributed by atoms with Crippen LogP contribution in [0.4, 0.5) is 0 Å². The van der Waals surface area contributed by atoms with Crippen LogP contribution in [0.5, 0.6) is 0 Å². The fraction of sp³-hybridized carbons (Fsp3) is 0.115. The lowest BCUT2D eigenvalue weighted by molar-refractivity contribution is -0.126. The molecule has 0 saturated carbocycles. The standard InChI is InChI=1S/C26H25N3O4/c1-29(26(32)22-10-6-3-7-11-22)24(25(31)27-18-20-8-4-2-5-9-20)21-15-12-19(13-16-21)14-17-23(30)28-33/h2-17,24,33H,18H2,1H3,(H,27,31)(H,28,30)/b17-14+. The molecule has 0 bridgehead atoms. The minimum atomic E-state index is -0.861. The van der Waals surface area contributed by atoms with Crippen LogP contribution in [0.3, 0.4) is 0 Å². The first-order chi connectivity index (χ1) is 16.0. The Labute approximate surface area is 192 Å². The van der Waals surface area contributed by atoms with Gasteiger partial charge in [-0.1, -0.05) is 72.8 Å². The second-order valence-electron chi connectivity index (χ2n) is 7.36. The molecule has 3 rings (SSSR count). The number of benzene rings is 3. The summed E-state index contributed by atoms with van der Waals surface area (Å²) in [4.78, 5) is 38.9. The van der Waals surface area contributed by atoms with E-state index in [9.17, 15) is 14.4 Å². The Kier molecular flexibility index (Phi) is 8.10. The number of nitrogens with one attached hydrogen (secondary N) is 2. The molecule has 7 heteroatoms. The smallest absolute Gasteiger partial charge is 0.267 e. The molecule has 0 aliphatic rings. The van der Waals surface area contributed by atoms with Crippen LogP contribution in [0.1, 0.15) is 33.1 Å². The molecular weight excluding hydrogens is 418 g/mol. The van der Waals surface area contributed by atoms with E-state index in [2.05, 4.69) is 5.32 Å². The average molecular weight is 444 g/mol. The fourth-order valence-electron chi connectivity index (χ4n) is 3.33. The molecule has 3 aromatic rings. The van der Waals surface area contributed by atoms with Crippen LogP contribution in [0.15, 0.2) is 91.0 Å². The van der Waals surface area contributed by atoms with E-state index in [0.29, 0.717) is 23.2 Å². The summed E-state index contributed by atoms with van der Waals surface area (Å²) < 4.78 is 0. The first kappa shape index (κ1) is 23.4. The lowest BCUT2D eigenvalue weighted by atomic mass is 10.0. The van der Waals surface area contributed by atoms with E-state index < -0.39 is 11.9 Å². The number of hydrogen-bond acceptors (Lipinski definition) is 4. The molecule has 33 heavy (non-hydrogen) atoms. The molecule has 1 unspecified atom stereocenters. The highest BCUT2D eigenvalue weighted by Gasteiger charge is 2.29. The Morgan fingerprint density at radius 1 is 0.909 bits per heavy atom. The third-order valence-electron chi connectivity index (χ3n) is 5.08.